The number of nitrogens with one attached hydrogen (secondary N) is 1. The van der Waals surface area contributed by atoms with Gasteiger partial charge in [0.2, 0.25) is 10.0 Å². The normalized spacial score (nSPS) is 15.6. The summed E-state index contributed by atoms with van der Waals surface area (Å²) in [6.07, 6.45) is 0. The second-order valence-corrected chi connectivity index (χ2v) is 9.69. The highest BCUT2D eigenvalue weighted by atomic mass is 32.2. The van der Waals surface area contributed by atoms with Crippen LogP contribution in [0.15, 0.2) is 53.5 Å². The number of sulfonamides is 1. The molecule has 1 N–H and O–H groups in total. The van der Waals surface area contributed by atoms with Gasteiger partial charge in [0.25, 0.3) is 0 Å². The van der Waals surface area contributed by atoms with E-state index in [-0.39, 0.29) is 5.75 Å². The summed E-state index contributed by atoms with van der Waals surface area (Å²) in [4.78, 5) is 6.46. The summed E-state index contributed by atoms with van der Waals surface area (Å²) < 4.78 is 32.5. The minimum atomic E-state index is -3.38. The lowest BCUT2D eigenvalue weighted by Crippen LogP contribution is -2.41. The number of aryl methyl sites for hydroxylation is 1. The lowest BCUT2D eigenvalue weighted by Gasteiger charge is -2.26. The van der Waals surface area contributed by atoms with Gasteiger partial charge in [0.15, 0.2) is 5.96 Å². The van der Waals surface area contributed by atoms with Crippen molar-refractivity contribution in [1.82, 2.24) is 14.5 Å². The molecule has 0 saturated carbocycles. The summed E-state index contributed by atoms with van der Waals surface area (Å²) in [7, 11) is 0.372. The zero-order chi connectivity index (χ0) is 22.3. The van der Waals surface area contributed by atoms with Crippen molar-refractivity contribution in [2.75, 3.05) is 40.4 Å². The van der Waals surface area contributed by atoms with Crippen molar-refractivity contribution in [3.05, 3.63) is 70.8 Å². The molecule has 2 aromatic rings. The number of ether oxygens (including phenoxy) is 1. The molecule has 0 unspecified atom stereocenters. The molecule has 0 radical (unpaired) electrons. The van der Waals surface area contributed by atoms with E-state index in [1.807, 2.05) is 43.4 Å². The molecule has 31 heavy (non-hydrogen) atoms. The molecule has 168 valence electrons. The van der Waals surface area contributed by atoms with Crippen LogP contribution in [-0.4, -0.2) is 64.0 Å². The number of morpholine rings is 1. The molecule has 0 aliphatic carbocycles. The van der Waals surface area contributed by atoms with Gasteiger partial charge in [-0.3, -0.25) is 4.99 Å². The van der Waals surface area contributed by atoms with Gasteiger partial charge in [-0.2, -0.15) is 4.31 Å². The van der Waals surface area contributed by atoms with Crippen molar-refractivity contribution in [1.29, 1.82) is 0 Å². The Morgan fingerprint density at radius 3 is 2.32 bits per heavy atom. The van der Waals surface area contributed by atoms with Crippen molar-refractivity contribution >= 4 is 16.0 Å². The fraction of sp³-hybridized carbons (Fsp3) is 0.435. The van der Waals surface area contributed by atoms with Crippen LogP contribution in [0.3, 0.4) is 0 Å². The number of aliphatic imine (C=N–C) groups is 1. The highest BCUT2D eigenvalue weighted by Crippen LogP contribution is 2.17. The Morgan fingerprint density at radius 1 is 1.06 bits per heavy atom. The summed E-state index contributed by atoms with van der Waals surface area (Å²) in [5, 5.41) is 3.38. The molecule has 0 amide bonds. The quantitative estimate of drug-likeness (QED) is 0.524. The summed E-state index contributed by atoms with van der Waals surface area (Å²) in [5.41, 5.74) is 4.23. The Bertz CT molecular complexity index is 1000. The third-order valence-corrected chi connectivity index (χ3v) is 7.33. The lowest BCUT2D eigenvalue weighted by atomic mass is 10.1. The summed E-state index contributed by atoms with van der Waals surface area (Å²) in [6, 6.07) is 16.0. The fourth-order valence-corrected chi connectivity index (χ4v) is 5.22. The maximum absolute atomic E-state index is 12.9. The number of hydrogen-bond donors (Lipinski definition) is 1. The molecule has 7 nitrogen and oxygen atoms in total. The molecule has 1 aliphatic heterocycles. The monoisotopic (exact) mass is 444 g/mol. The van der Waals surface area contributed by atoms with Crippen LogP contribution < -0.4 is 5.32 Å². The van der Waals surface area contributed by atoms with E-state index in [1.54, 1.807) is 7.05 Å². The third-order valence-electron chi connectivity index (χ3n) is 5.50. The molecule has 1 aliphatic rings. The van der Waals surface area contributed by atoms with Crippen molar-refractivity contribution in [2.24, 2.45) is 4.99 Å². The van der Waals surface area contributed by atoms with Gasteiger partial charge in [-0.1, -0.05) is 48.5 Å². The van der Waals surface area contributed by atoms with Crippen LogP contribution in [0.2, 0.25) is 0 Å². The summed E-state index contributed by atoms with van der Waals surface area (Å²) in [5.74, 6) is 0.747. The largest absolute Gasteiger partial charge is 0.379 e. The molecular weight excluding hydrogens is 412 g/mol. The number of hydrogen-bond acceptors (Lipinski definition) is 4. The minimum absolute atomic E-state index is 0.0114. The first-order valence-electron chi connectivity index (χ1n) is 10.5. The van der Waals surface area contributed by atoms with Crippen LogP contribution >= 0.6 is 0 Å². The third kappa shape index (κ3) is 6.29. The Balaban J connectivity index is 1.66. The smallest absolute Gasteiger partial charge is 0.218 e. The van der Waals surface area contributed by atoms with Crippen LogP contribution in [0.5, 0.6) is 0 Å². The Hall–Kier alpha value is -2.42. The first kappa shape index (κ1) is 23.2. The highest BCUT2D eigenvalue weighted by Gasteiger charge is 2.25. The zero-order valence-electron chi connectivity index (χ0n) is 18.5. The number of rotatable bonds is 7. The Kier molecular flexibility index (Phi) is 8.06. The molecule has 0 bridgehead atoms. The summed E-state index contributed by atoms with van der Waals surface area (Å²) in [6.45, 7) is 5.07. The van der Waals surface area contributed by atoms with Gasteiger partial charge >= 0.3 is 0 Å². The molecule has 0 aromatic heterocycles. The minimum Gasteiger partial charge on any atom is -0.379 e. The van der Waals surface area contributed by atoms with Crippen LogP contribution in [-0.2, 0) is 33.6 Å². The van der Waals surface area contributed by atoms with E-state index in [4.69, 9.17) is 4.74 Å². The molecule has 8 heteroatoms. The Morgan fingerprint density at radius 2 is 1.68 bits per heavy atom. The molecule has 1 heterocycles. The van der Waals surface area contributed by atoms with Gasteiger partial charge < -0.3 is 15.0 Å². The van der Waals surface area contributed by atoms with Gasteiger partial charge in [-0.15, -0.1) is 0 Å². The second-order valence-electron chi connectivity index (χ2n) is 7.72. The van der Waals surface area contributed by atoms with E-state index in [0.717, 1.165) is 23.6 Å². The SMILES string of the molecule is CN=C(NCc1ccccc1CS(=O)(=O)N1CCOCC1)N(C)Cc1ccccc1C. The topological polar surface area (TPSA) is 74.2 Å². The number of benzene rings is 2. The maximum atomic E-state index is 12.9. The highest BCUT2D eigenvalue weighted by molar-refractivity contribution is 7.88. The predicted molar refractivity (Wildman–Crippen MR) is 124 cm³/mol. The average molecular weight is 445 g/mol. The van der Waals surface area contributed by atoms with Crippen molar-refractivity contribution in [3.63, 3.8) is 0 Å². The molecule has 2 aromatic carbocycles. The molecule has 3 rings (SSSR count). The van der Waals surface area contributed by atoms with E-state index in [0.29, 0.717) is 32.8 Å². The van der Waals surface area contributed by atoms with Crippen LogP contribution in [0, 0.1) is 6.92 Å². The van der Waals surface area contributed by atoms with Gasteiger partial charge in [0.1, 0.15) is 0 Å². The summed E-state index contributed by atoms with van der Waals surface area (Å²) >= 11 is 0. The average Bonchev–Trinajstić information content (AvgIpc) is 2.77. The standard InChI is InChI=1S/C23H32N4O3S/c1-19-8-4-5-10-21(19)17-26(3)23(24-2)25-16-20-9-6-7-11-22(20)18-31(28,29)27-12-14-30-15-13-27/h4-11H,12-18H2,1-3H3,(H,24,25). The van der Waals surface area contributed by atoms with Crippen LogP contribution in [0.4, 0.5) is 0 Å². The molecule has 0 atom stereocenters. The molecular formula is C23H32N4O3S. The van der Waals surface area contributed by atoms with Crippen molar-refractivity contribution < 1.29 is 13.2 Å². The van der Waals surface area contributed by atoms with E-state index in [2.05, 4.69) is 34.3 Å². The van der Waals surface area contributed by atoms with E-state index < -0.39 is 10.0 Å². The van der Waals surface area contributed by atoms with Crippen molar-refractivity contribution in [3.8, 4) is 0 Å². The van der Waals surface area contributed by atoms with E-state index in [9.17, 15) is 8.42 Å². The van der Waals surface area contributed by atoms with Gasteiger partial charge in [-0.05, 0) is 29.2 Å². The van der Waals surface area contributed by atoms with Crippen LogP contribution in [0.25, 0.3) is 0 Å². The first-order chi connectivity index (χ1) is 14.9. The number of guanidine groups is 1. The number of nitrogens with zero attached hydrogens (tertiary/aromatic N) is 3. The maximum Gasteiger partial charge on any atom is 0.218 e. The fourth-order valence-electron chi connectivity index (χ4n) is 3.66. The molecule has 0 spiro atoms. The van der Waals surface area contributed by atoms with Gasteiger partial charge in [0, 0.05) is 40.3 Å². The van der Waals surface area contributed by atoms with E-state index >= 15 is 0 Å². The zero-order valence-corrected chi connectivity index (χ0v) is 19.4. The molecule has 1 fully saturated rings. The first-order valence-corrected chi connectivity index (χ1v) is 12.1. The lowest BCUT2D eigenvalue weighted by molar-refractivity contribution is 0.0729. The van der Waals surface area contributed by atoms with Crippen LogP contribution in [0.1, 0.15) is 22.3 Å². The van der Waals surface area contributed by atoms with Gasteiger partial charge in [-0.25, -0.2) is 8.42 Å². The second kappa shape index (κ2) is 10.7. The van der Waals surface area contributed by atoms with Crippen molar-refractivity contribution in [2.45, 2.75) is 25.8 Å². The molecule has 1 saturated heterocycles. The van der Waals surface area contributed by atoms with E-state index in [1.165, 1.54) is 15.4 Å². The van der Waals surface area contributed by atoms with Gasteiger partial charge in [0.05, 0.1) is 19.0 Å². The predicted octanol–water partition coefficient (Wildman–Crippen LogP) is 2.36. The Labute approximate surface area is 185 Å².